The Morgan fingerprint density at radius 1 is 0.306 bits per heavy atom. The van der Waals surface area contributed by atoms with E-state index in [1.165, 1.54) is 131 Å². The molecule has 0 rings (SSSR count). The molecule has 0 aromatic carbocycles. The molecule has 0 spiro atoms. The summed E-state index contributed by atoms with van der Waals surface area (Å²) in [6.07, 6.45) is 29.2. The van der Waals surface area contributed by atoms with Crippen LogP contribution in [-0.4, -0.2) is 52.3 Å². The number of ether oxygens (including phenoxy) is 4. The van der Waals surface area contributed by atoms with Gasteiger partial charge in [0.2, 0.25) is 0 Å². The molecule has 0 N–H and O–H groups in total. The van der Waals surface area contributed by atoms with Crippen LogP contribution >= 0.6 is 0 Å². The molecule has 8 nitrogen and oxygen atoms in total. The summed E-state index contributed by atoms with van der Waals surface area (Å²) in [5.74, 6) is -2.54. The second kappa shape index (κ2) is 30.7. The molecule has 0 saturated carbocycles. The van der Waals surface area contributed by atoms with Crippen LogP contribution in [0.5, 0.6) is 0 Å². The third-order valence-electron chi connectivity index (χ3n) is 10.4. The highest BCUT2D eigenvalue weighted by molar-refractivity contribution is 6.01. The van der Waals surface area contributed by atoms with Gasteiger partial charge in [-0.15, -0.1) is 0 Å². The van der Waals surface area contributed by atoms with Gasteiger partial charge in [-0.05, 0) is 32.1 Å². The van der Waals surface area contributed by atoms with Crippen LogP contribution in [0.4, 0.5) is 0 Å². The van der Waals surface area contributed by atoms with Gasteiger partial charge >= 0.3 is 23.9 Å². The van der Waals surface area contributed by atoms with E-state index < -0.39 is 34.7 Å². The predicted molar refractivity (Wildman–Crippen MR) is 198 cm³/mol. The smallest absolute Gasteiger partial charge is 0.323 e. The highest BCUT2D eigenvalue weighted by Crippen LogP contribution is 2.40. The first kappa shape index (κ1) is 46.9. The first-order chi connectivity index (χ1) is 23.8. The van der Waals surface area contributed by atoms with Gasteiger partial charge in [0.05, 0.1) is 28.4 Å². The molecular formula is C41H76O8. The largest absolute Gasteiger partial charge is 0.468 e. The second-order valence-corrected chi connectivity index (χ2v) is 14.3. The van der Waals surface area contributed by atoms with Gasteiger partial charge in [-0.1, -0.05) is 168 Å². The summed E-state index contributed by atoms with van der Waals surface area (Å²) in [4.78, 5) is 52.8. The van der Waals surface area contributed by atoms with Gasteiger partial charge in [-0.2, -0.15) is 0 Å². The maximum Gasteiger partial charge on any atom is 0.323 e. The van der Waals surface area contributed by atoms with Gasteiger partial charge in [0.1, 0.15) is 0 Å². The quantitative estimate of drug-likeness (QED) is 0.0283. The number of hydrogen-bond acceptors (Lipinski definition) is 8. The Labute approximate surface area is 300 Å². The molecule has 0 aliphatic rings. The van der Waals surface area contributed by atoms with Crippen molar-refractivity contribution in [1.82, 2.24) is 0 Å². The molecule has 0 saturated heterocycles. The van der Waals surface area contributed by atoms with Crippen LogP contribution in [0.15, 0.2) is 0 Å². The molecular weight excluding hydrogens is 620 g/mol. The average molecular weight is 697 g/mol. The highest BCUT2D eigenvalue weighted by Gasteiger charge is 2.51. The van der Waals surface area contributed by atoms with Gasteiger partial charge < -0.3 is 18.9 Å². The lowest BCUT2D eigenvalue weighted by molar-refractivity contribution is -0.171. The van der Waals surface area contributed by atoms with E-state index in [1.807, 2.05) is 0 Å². The van der Waals surface area contributed by atoms with Crippen molar-refractivity contribution in [2.24, 2.45) is 10.8 Å². The number of carbonyl (C=O) groups is 4. The molecule has 0 unspecified atom stereocenters. The van der Waals surface area contributed by atoms with Crippen molar-refractivity contribution in [3.8, 4) is 0 Å². The molecule has 0 aromatic heterocycles. The van der Waals surface area contributed by atoms with Gasteiger partial charge in [0.25, 0.3) is 0 Å². The van der Waals surface area contributed by atoms with E-state index in [0.29, 0.717) is 25.7 Å². The molecule has 0 atom stereocenters. The molecule has 49 heavy (non-hydrogen) atoms. The summed E-state index contributed by atoms with van der Waals surface area (Å²) < 4.78 is 20.6. The molecule has 0 aliphatic heterocycles. The molecule has 288 valence electrons. The first-order valence-corrected chi connectivity index (χ1v) is 20.1. The van der Waals surface area contributed by atoms with Crippen molar-refractivity contribution in [1.29, 1.82) is 0 Å². The summed E-state index contributed by atoms with van der Waals surface area (Å²) in [6, 6.07) is 0. The first-order valence-electron chi connectivity index (χ1n) is 20.1. The second-order valence-electron chi connectivity index (χ2n) is 14.3. The Balaban J connectivity index is 5.15. The van der Waals surface area contributed by atoms with E-state index in [9.17, 15) is 19.2 Å². The number of esters is 4. The van der Waals surface area contributed by atoms with Crippen LogP contribution in [0.1, 0.15) is 200 Å². The van der Waals surface area contributed by atoms with Crippen molar-refractivity contribution in [3.05, 3.63) is 0 Å². The van der Waals surface area contributed by atoms with Crippen LogP contribution in [0.2, 0.25) is 0 Å². The van der Waals surface area contributed by atoms with E-state index in [2.05, 4.69) is 13.8 Å². The lowest BCUT2D eigenvalue weighted by Gasteiger charge is -2.31. The van der Waals surface area contributed by atoms with E-state index >= 15 is 0 Å². The van der Waals surface area contributed by atoms with Crippen LogP contribution in [0, 0.1) is 10.8 Å². The third kappa shape index (κ3) is 19.2. The van der Waals surface area contributed by atoms with Crippen molar-refractivity contribution in [2.45, 2.75) is 200 Å². The van der Waals surface area contributed by atoms with E-state index in [1.54, 1.807) is 0 Å². The zero-order valence-electron chi connectivity index (χ0n) is 32.8. The van der Waals surface area contributed by atoms with Crippen molar-refractivity contribution in [2.75, 3.05) is 28.4 Å². The molecule has 0 radical (unpaired) electrons. The fourth-order valence-corrected chi connectivity index (χ4v) is 7.24. The molecule has 0 aromatic rings. The molecule has 0 fully saturated rings. The van der Waals surface area contributed by atoms with Crippen LogP contribution in [-0.2, 0) is 38.1 Å². The van der Waals surface area contributed by atoms with E-state index in [0.717, 1.165) is 38.5 Å². The standard InChI is InChI=1S/C41H76O8/c1-7-9-11-13-15-17-19-21-23-25-27-29-32-40(36(42)46-3,37(43)47-4)34-31-35-41(38(44)48-5,39(45)49-6)33-30-28-26-24-22-20-18-16-14-12-10-8-2/h7-35H2,1-6H3. The number of hydrogen-bond donors (Lipinski definition) is 0. The molecule has 8 heteroatoms. The number of carbonyl (C=O) groups excluding carboxylic acids is 4. The van der Waals surface area contributed by atoms with Gasteiger partial charge in [-0.25, -0.2) is 0 Å². The maximum atomic E-state index is 13.2. The minimum absolute atomic E-state index is 0.110. The van der Waals surface area contributed by atoms with Crippen molar-refractivity contribution >= 4 is 23.9 Å². The SMILES string of the molecule is CCCCCCCCCCCCCCC(CCCC(CCCCCCCCCCCCCC)(C(=O)OC)C(=O)OC)(C(=O)OC)C(=O)OC. The Bertz CT molecular complexity index is 754. The predicted octanol–water partition coefficient (Wildman–Crippen LogP) is 11.0. The minimum atomic E-state index is -1.49. The molecule has 0 amide bonds. The fraction of sp³-hybridized carbons (Fsp3) is 0.902. The third-order valence-corrected chi connectivity index (χ3v) is 10.4. The van der Waals surface area contributed by atoms with E-state index in [-0.39, 0.29) is 19.3 Å². The Hall–Kier alpha value is -2.12. The molecule has 0 bridgehead atoms. The molecule has 0 aliphatic carbocycles. The van der Waals surface area contributed by atoms with E-state index in [4.69, 9.17) is 18.9 Å². The van der Waals surface area contributed by atoms with Gasteiger partial charge in [0.15, 0.2) is 10.8 Å². The number of rotatable bonds is 34. The summed E-state index contributed by atoms with van der Waals surface area (Å²) in [7, 11) is 5.12. The maximum absolute atomic E-state index is 13.2. The Kier molecular flexibility index (Phi) is 29.4. The topological polar surface area (TPSA) is 105 Å². The summed E-state index contributed by atoms with van der Waals surface area (Å²) >= 11 is 0. The van der Waals surface area contributed by atoms with Gasteiger partial charge in [-0.3, -0.25) is 19.2 Å². The minimum Gasteiger partial charge on any atom is -0.468 e. The van der Waals surface area contributed by atoms with Crippen molar-refractivity contribution in [3.63, 3.8) is 0 Å². The van der Waals surface area contributed by atoms with Crippen LogP contribution < -0.4 is 0 Å². The fourth-order valence-electron chi connectivity index (χ4n) is 7.24. The number of unbranched alkanes of at least 4 members (excludes halogenated alkanes) is 22. The lowest BCUT2D eigenvalue weighted by atomic mass is 9.73. The monoisotopic (exact) mass is 697 g/mol. The van der Waals surface area contributed by atoms with Crippen LogP contribution in [0.3, 0.4) is 0 Å². The summed E-state index contributed by atoms with van der Waals surface area (Å²) in [6.45, 7) is 4.48. The average Bonchev–Trinajstić information content (AvgIpc) is 3.12. The van der Waals surface area contributed by atoms with Crippen molar-refractivity contribution < 1.29 is 38.1 Å². The number of methoxy groups -OCH3 is 4. The zero-order chi connectivity index (χ0) is 36.6. The Morgan fingerprint density at radius 2 is 0.490 bits per heavy atom. The van der Waals surface area contributed by atoms with Crippen LogP contribution in [0.25, 0.3) is 0 Å². The van der Waals surface area contributed by atoms with Gasteiger partial charge in [0, 0.05) is 0 Å². The summed E-state index contributed by atoms with van der Waals surface area (Å²) in [5.41, 5.74) is -2.98. The normalized spacial score (nSPS) is 11.7. The zero-order valence-corrected chi connectivity index (χ0v) is 32.8. The Morgan fingerprint density at radius 3 is 0.694 bits per heavy atom. The molecule has 0 heterocycles. The summed E-state index contributed by atoms with van der Waals surface area (Å²) in [5, 5.41) is 0. The lowest BCUT2D eigenvalue weighted by Crippen LogP contribution is -2.44. The highest BCUT2D eigenvalue weighted by atomic mass is 16.6.